The summed E-state index contributed by atoms with van der Waals surface area (Å²) < 4.78 is 35.2. The van der Waals surface area contributed by atoms with Gasteiger partial charge in [0.2, 0.25) is 5.91 Å². The molecule has 0 radical (unpaired) electrons. The number of carbonyl (C=O) groups excluding carboxylic acids is 1. The van der Waals surface area contributed by atoms with Gasteiger partial charge >= 0.3 is 0 Å². The van der Waals surface area contributed by atoms with E-state index in [1.165, 1.54) is 7.11 Å². The van der Waals surface area contributed by atoms with E-state index in [9.17, 15) is 13.6 Å². The first-order chi connectivity index (χ1) is 8.11. The lowest BCUT2D eigenvalue weighted by molar-refractivity contribution is -0.121. The molecular weight excluding hydrogens is 232 g/mol. The lowest BCUT2D eigenvalue weighted by atomic mass is 10.3. The van der Waals surface area contributed by atoms with Gasteiger partial charge in [-0.15, -0.1) is 0 Å². The summed E-state index contributed by atoms with van der Waals surface area (Å²) in [6, 6.07) is 2.77. The first-order valence-corrected chi connectivity index (χ1v) is 4.94. The van der Waals surface area contributed by atoms with Crippen LogP contribution in [0.2, 0.25) is 0 Å². The fraction of sp³-hybridized carbons (Fsp3) is 0.364. The molecule has 17 heavy (non-hydrogen) atoms. The van der Waals surface area contributed by atoms with Crippen molar-refractivity contribution in [3.05, 3.63) is 29.8 Å². The van der Waals surface area contributed by atoms with E-state index < -0.39 is 17.5 Å². The highest BCUT2D eigenvalue weighted by Crippen LogP contribution is 2.12. The van der Waals surface area contributed by atoms with Gasteiger partial charge in [-0.3, -0.25) is 4.79 Å². The normalized spacial score (nSPS) is 10.3. The Kier molecular flexibility index (Phi) is 5.51. The van der Waals surface area contributed by atoms with Gasteiger partial charge in [0.05, 0.1) is 13.2 Å². The molecule has 0 atom stereocenters. The van der Waals surface area contributed by atoms with Gasteiger partial charge in [-0.1, -0.05) is 0 Å². The van der Waals surface area contributed by atoms with Gasteiger partial charge in [-0.25, -0.2) is 8.78 Å². The van der Waals surface area contributed by atoms with Crippen LogP contribution in [-0.4, -0.2) is 32.8 Å². The van der Waals surface area contributed by atoms with Gasteiger partial charge in [0.15, 0.2) is 0 Å². The van der Waals surface area contributed by atoms with Crippen molar-refractivity contribution in [2.24, 2.45) is 0 Å². The van der Waals surface area contributed by atoms with Gasteiger partial charge in [0.25, 0.3) is 0 Å². The topological polar surface area (TPSA) is 47.6 Å². The van der Waals surface area contributed by atoms with Crippen LogP contribution in [0.4, 0.5) is 14.5 Å². The molecule has 0 aromatic heterocycles. The molecule has 0 saturated heterocycles. The van der Waals surface area contributed by atoms with Crippen molar-refractivity contribution in [2.45, 2.75) is 0 Å². The molecule has 0 saturated carbocycles. The summed E-state index contributed by atoms with van der Waals surface area (Å²) >= 11 is 0. The molecule has 0 aliphatic rings. The Labute approximate surface area is 97.5 Å². The highest BCUT2D eigenvalue weighted by atomic mass is 19.1. The molecule has 4 nitrogen and oxygen atoms in total. The van der Waals surface area contributed by atoms with Gasteiger partial charge in [-0.05, 0) is 12.1 Å². The summed E-state index contributed by atoms with van der Waals surface area (Å²) in [4.78, 5) is 11.3. The molecule has 0 heterocycles. The van der Waals surface area contributed by atoms with Gasteiger partial charge in [-0.2, -0.15) is 0 Å². The summed E-state index contributed by atoms with van der Waals surface area (Å²) in [5.74, 6) is -1.98. The van der Waals surface area contributed by atoms with Crippen LogP contribution in [-0.2, 0) is 14.3 Å². The number of benzene rings is 1. The third kappa shape index (κ3) is 5.37. The Morgan fingerprint density at radius 3 is 2.47 bits per heavy atom. The highest BCUT2D eigenvalue weighted by molar-refractivity contribution is 5.91. The second-order valence-electron chi connectivity index (χ2n) is 3.25. The number of anilines is 1. The van der Waals surface area contributed by atoms with Crippen molar-refractivity contribution in [3.8, 4) is 0 Å². The van der Waals surface area contributed by atoms with Crippen molar-refractivity contribution in [1.82, 2.24) is 0 Å². The van der Waals surface area contributed by atoms with E-state index in [0.29, 0.717) is 6.61 Å². The largest absolute Gasteiger partial charge is 0.382 e. The van der Waals surface area contributed by atoms with Crippen molar-refractivity contribution >= 4 is 11.6 Å². The minimum atomic E-state index is -0.749. The van der Waals surface area contributed by atoms with Crippen LogP contribution < -0.4 is 5.32 Å². The van der Waals surface area contributed by atoms with Crippen molar-refractivity contribution in [2.75, 3.05) is 32.2 Å². The maximum Gasteiger partial charge on any atom is 0.250 e. The minimum Gasteiger partial charge on any atom is -0.382 e. The molecule has 1 aromatic rings. The fourth-order valence-corrected chi connectivity index (χ4v) is 1.13. The number of halogens is 2. The Morgan fingerprint density at radius 2 is 1.88 bits per heavy atom. The van der Waals surface area contributed by atoms with Crippen LogP contribution in [0.3, 0.4) is 0 Å². The van der Waals surface area contributed by atoms with E-state index >= 15 is 0 Å². The molecule has 1 N–H and O–H groups in total. The monoisotopic (exact) mass is 245 g/mol. The van der Waals surface area contributed by atoms with Gasteiger partial charge < -0.3 is 14.8 Å². The first kappa shape index (κ1) is 13.5. The maximum absolute atomic E-state index is 12.8. The number of carbonyl (C=O) groups is 1. The second kappa shape index (κ2) is 6.93. The molecular formula is C11H13F2NO3. The zero-order valence-electron chi connectivity index (χ0n) is 9.33. The van der Waals surface area contributed by atoms with Crippen LogP contribution in [0.5, 0.6) is 0 Å². The van der Waals surface area contributed by atoms with E-state index in [1.54, 1.807) is 0 Å². The number of methoxy groups -OCH3 is 1. The van der Waals surface area contributed by atoms with Crippen LogP contribution >= 0.6 is 0 Å². The summed E-state index contributed by atoms with van der Waals surface area (Å²) in [6.07, 6.45) is 0. The third-order valence-electron chi connectivity index (χ3n) is 1.81. The number of ether oxygens (including phenoxy) is 2. The number of hydrogen-bond donors (Lipinski definition) is 1. The van der Waals surface area contributed by atoms with Crippen molar-refractivity contribution in [3.63, 3.8) is 0 Å². The Bertz CT molecular complexity index is 365. The summed E-state index contributed by atoms with van der Waals surface area (Å²) in [6.45, 7) is 0.463. The third-order valence-corrected chi connectivity index (χ3v) is 1.81. The van der Waals surface area contributed by atoms with Gasteiger partial charge in [0, 0.05) is 18.9 Å². The standard InChI is InChI=1S/C11H13F2NO3/c1-16-2-3-17-7-11(15)14-10-5-8(12)4-9(13)6-10/h4-6H,2-3,7H2,1H3,(H,14,15). The fourth-order valence-electron chi connectivity index (χ4n) is 1.13. The molecule has 0 aliphatic heterocycles. The molecule has 0 bridgehead atoms. The minimum absolute atomic E-state index is 0.0582. The number of rotatable bonds is 6. The molecule has 94 valence electrons. The van der Waals surface area contributed by atoms with E-state index in [4.69, 9.17) is 9.47 Å². The predicted molar refractivity (Wildman–Crippen MR) is 57.7 cm³/mol. The molecule has 1 rings (SSSR count). The predicted octanol–water partition coefficient (Wildman–Crippen LogP) is 1.57. The van der Waals surface area contributed by atoms with E-state index in [1.807, 2.05) is 0 Å². The number of nitrogens with one attached hydrogen (secondary N) is 1. The van der Waals surface area contributed by atoms with Crippen LogP contribution in [0.1, 0.15) is 0 Å². The average molecular weight is 245 g/mol. The Morgan fingerprint density at radius 1 is 1.24 bits per heavy atom. The van der Waals surface area contributed by atoms with Gasteiger partial charge in [0.1, 0.15) is 18.2 Å². The zero-order chi connectivity index (χ0) is 12.7. The Balaban J connectivity index is 2.39. The molecule has 0 aliphatic carbocycles. The molecule has 0 fully saturated rings. The number of hydrogen-bond acceptors (Lipinski definition) is 3. The summed E-state index contributed by atoms with van der Waals surface area (Å²) in [5.41, 5.74) is 0.0582. The quantitative estimate of drug-likeness (QED) is 0.774. The lowest BCUT2D eigenvalue weighted by Gasteiger charge is -2.06. The summed E-state index contributed by atoms with van der Waals surface area (Å²) in [5, 5.41) is 2.32. The van der Waals surface area contributed by atoms with E-state index in [0.717, 1.165) is 18.2 Å². The second-order valence-corrected chi connectivity index (χ2v) is 3.25. The summed E-state index contributed by atoms with van der Waals surface area (Å²) in [7, 11) is 1.51. The maximum atomic E-state index is 12.8. The van der Waals surface area contributed by atoms with E-state index in [2.05, 4.69) is 5.32 Å². The Hall–Kier alpha value is -1.53. The van der Waals surface area contributed by atoms with Crippen LogP contribution in [0.15, 0.2) is 18.2 Å². The van der Waals surface area contributed by atoms with Crippen molar-refractivity contribution < 1.29 is 23.0 Å². The SMILES string of the molecule is COCCOCC(=O)Nc1cc(F)cc(F)c1. The molecule has 0 unspecified atom stereocenters. The van der Waals surface area contributed by atoms with Crippen LogP contribution in [0.25, 0.3) is 0 Å². The smallest absolute Gasteiger partial charge is 0.250 e. The highest BCUT2D eigenvalue weighted by Gasteiger charge is 2.05. The van der Waals surface area contributed by atoms with Crippen molar-refractivity contribution in [1.29, 1.82) is 0 Å². The molecule has 1 amide bonds. The first-order valence-electron chi connectivity index (χ1n) is 4.94. The van der Waals surface area contributed by atoms with E-state index in [-0.39, 0.29) is 18.9 Å². The zero-order valence-corrected chi connectivity index (χ0v) is 9.33. The number of amides is 1. The molecule has 1 aromatic carbocycles. The lowest BCUT2D eigenvalue weighted by Crippen LogP contribution is -2.19. The molecule has 0 spiro atoms. The average Bonchev–Trinajstić information content (AvgIpc) is 2.23. The molecule has 6 heteroatoms. The van der Waals surface area contributed by atoms with Crippen LogP contribution in [0, 0.1) is 11.6 Å².